The Bertz CT molecular complexity index is 1300. The molecule has 0 atom stereocenters. The number of imidazole rings is 1. The number of sulfonamides is 1. The van der Waals surface area contributed by atoms with Gasteiger partial charge >= 0.3 is 0 Å². The number of aromatic nitrogens is 2. The lowest BCUT2D eigenvalue weighted by Crippen LogP contribution is -2.73. The lowest BCUT2D eigenvalue weighted by atomic mass is 9.74. The number of fused-ring (bicyclic) bond motifs is 1. The SMILES string of the molecule is CC(=O)N1CC2(C1)CN(S(=O)(=O)c1ccc(CNC(=O)c3ccc4nccn4c3)cc1)C2. The number of likely N-dealkylation sites (tertiary alicyclic amines) is 1. The first-order valence-electron chi connectivity index (χ1n) is 10.3. The molecule has 0 saturated carbocycles. The highest BCUT2D eigenvalue weighted by atomic mass is 32.2. The molecule has 1 spiro atoms. The zero-order valence-corrected chi connectivity index (χ0v) is 18.4. The zero-order chi connectivity index (χ0) is 22.5. The van der Waals surface area contributed by atoms with E-state index < -0.39 is 10.0 Å². The van der Waals surface area contributed by atoms with E-state index in [1.54, 1.807) is 64.3 Å². The summed E-state index contributed by atoms with van der Waals surface area (Å²) >= 11 is 0. The molecule has 4 heterocycles. The van der Waals surface area contributed by atoms with Crippen LogP contribution in [0.3, 0.4) is 0 Å². The summed E-state index contributed by atoms with van der Waals surface area (Å²) in [5, 5.41) is 2.85. The van der Waals surface area contributed by atoms with Crippen LogP contribution < -0.4 is 5.32 Å². The predicted molar refractivity (Wildman–Crippen MR) is 116 cm³/mol. The van der Waals surface area contributed by atoms with Crippen molar-refractivity contribution >= 4 is 27.5 Å². The fourth-order valence-corrected chi connectivity index (χ4v) is 5.99. The molecule has 2 aliphatic rings. The zero-order valence-electron chi connectivity index (χ0n) is 17.6. The molecule has 2 amide bonds. The second-order valence-electron chi connectivity index (χ2n) is 8.59. The molecule has 0 radical (unpaired) electrons. The van der Waals surface area contributed by atoms with Gasteiger partial charge in [-0.15, -0.1) is 0 Å². The van der Waals surface area contributed by atoms with E-state index in [2.05, 4.69) is 10.3 Å². The second-order valence-corrected chi connectivity index (χ2v) is 10.5. The molecule has 3 aromatic rings. The molecule has 1 N–H and O–H groups in total. The molecule has 0 unspecified atom stereocenters. The normalized spacial score (nSPS) is 17.7. The molecule has 32 heavy (non-hydrogen) atoms. The summed E-state index contributed by atoms with van der Waals surface area (Å²) in [4.78, 5) is 29.9. The fraction of sp³-hybridized carbons (Fsp3) is 0.318. The smallest absolute Gasteiger partial charge is 0.253 e. The highest BCUT2D eigenvalue weighted by Gasteiger charge is 2.55. The van der Waals surface area contributed by atoms with Gasteiger partial charge in [-0.25, -0.2) is 13.4 Å². The second kappa shape index (κ2) is 7.42. The Kier molecular flexibility index (Phi) is 4.79. The van der Waals surface area contributed by atoms with Crippen LogP contribution in [0.5, 0.6) is 0 Å². The first kappa shape index (κ1) is 20.7. The van der Waals surface area contributed by atoms with Crippen LogP contribution in [-0.2, 0) is 21.4 Å². The van der Waals surface area contributed by atoms with Gasteiger partial charge in [-0.2, -0.15) is 4.31 Å². The van der Waals surface area contributed by atoms with Gasteiger partial charge in [0.25, 0.3) is 5.91 Å². The van der Waals surface area contributed by atoms with E-state index in [9.17, 15) is 18.0 Å². The Hall–Kier alpha value is -3.24. The number of rotatable bonds is 5. The van der Waals surface area contributed by atoms with E-state index in [1.165, 1.54) is 11.2 Å². The van der Waals surface area contributed by atoms with Crippen LogP contribution in [0.4, 0.5) is 0 Å². The largest absolute Gasteiger partial charge is 0.348 e. The monoisotopic (exact) mass is 453 g/mol. The maximum atomic E-state index is 12.9. The molecule has 2 aliphatic heterocycles. The quantitative estimate of drug-likeness (QED) is 0.623. The van der Waals surface area contributed by atoms with Crippen molar-refractivity contribution in [1.82, 2.24) is 23.9 Å². The number of nitrogens with zero attached hydrogens (tertiary/aromatic N) is 4. The van der Waals surface area contributed by atoms with Crippen molar-refractivity contribution in [2.45, 2.75) is 18.4 Å². The molecule has 2 fully saturated rings. The van der Waals surface area contributed by atoms with Crippen molar-refractivity contribution in [3.05, 3.63) is 66.1 Å². The van der Waals surface area contributed by atoms with Gasteiger partial charge in [-0.05, 0) is 29.8 Å². The molecule has 10 heteroatoms. The maximum absolute atomic E-state index is 12.9. The van der Waals surface area contributed by atoms with Gasteiger partial charge in [0.15, 0.2) is 0 Å². The van der Waals surface area contributed by atoms with Crippen molar-refractivity contribution in [3.8, 4) is 0 Å². The molecule has 5 rings (SSSR count). The molecule has 0 bridgehead atoms. The summed E-state index contributed by atoms with van der Waals surface area (Å²) in [6.07, 6.45) is 5.15. The molecule has 9 nitrogen and oxygen atoms in total. The number of carbonyl (C=O) groups excluding carboxylic acids is 2. The minimum atomic E-state index is -3.56. The molecular formula is C22H23N5O4S. The van der Waals surface area contributed by atoms with Gasteiger partial charge in [0.1, 0.15) is 5.65 Å². The van der Waals surface area contributed by atoms with E-state index in [0.717, 1.165) is 11.2 Å². The van der Waals surface area contributed by atoms with E-state index in [0.29, 0.717) is 31.7 Å². The minimum absolute atomic E-state index is 0.0295. The van der Waals surface area contributed by atoms with Crippen LogP contribution >= 0.6 is 0 Å². The summed E-state index contributed by atoms with van der Waals surface area (Å²) in [6.45, 7) is 3.95. The number of amides is 2. The fourth-order valence-electron chi connectivity index (χ4n) is 4.33. The van der Waals surface area contributed by atoms with Crippen molar-refractivity contribution in [2.24, 2.45) is 5.41 Å². The Balaban J connectivity index is 1.18. The standard InChI is InChI=1S/C22H23N5O4S/c1-16(28)26-12-22(13-26)14-27(15-22)32(30,31)19-5-2-17(3-6-19)10-24-21(29)18-4-7-20-23-8-9-25(20)11-18/h2-9,11H,10,12-15H2,1H3,(H,24,29). The van der Waals surface area contributed by atoms with Gasteiger partial charge in [0.05, 0.1) is 10.5 Å². The number of carbonyl (C=O) groups is 2. The van der Waals surface area contributed by atoms with Crippen molar-refractivity contribution in [3.63, 3.8) is 0 Å². The van der Waals surface area contributed by atoms with Gasteiger partial charge in [-0.1, -0.05) is 12.1 Å². The van der Waals surface area contributed by atoms with E-state index >= 15 is 0 Å². The van der Waals surface area contributed by atoms with E-state index in [1.807, 2.05) is 0 Å². The molecule has 2 aromatic heterocycles. The molecular weight excluding hydrogens is 430 g/mol. The first-order valence-corrected chi connectivity index (χ1v) is 11.8. The average molecular weight is 454 g/mol. The molecule has 1 aromatic carbocycles. The summed E-state index contributed by atoms with van der Waals surface area (Å²) in [7, 11) is -3.56. The number of hydrogen-bond donors (Lipinski definition) is 1. The van der Waals surface area contributed by atoms with E-state index in [-0.39, 0.29) is 28.7 Å². The number of nitrogens with one attached hydrogen (secondary N) is 1. The summed E-state index contributed by atoms with van der Waals surface area (Å²) < 4.78 is 29.0. The van der Waals surface area contributed by atoms with Gasteiger partial charge in [0, 0.05) is 63.7 Å². The number of benzene rings is 1. The lowest BCUT2D eigenvalue weighted by Gasteiger charge is -2.59. The highest BCUT2D eigenvalue weighted by molar-refractivity contribution is 7.89. The predicted octanol–water partition coefficient (Wildman–Crippen LogP) is 1.12. The number of hydrogen-bond acceptors (Lipinski definition) is 5. The van der Waals surface area contributed by atoms with Crippen LogP contribution in [0.1, 0.15) is 22.8 Å². The Morgan fingerprint density at radius 1 is 1.06 bits per heavy atom. The lowest BCUT2D eigenvalue weighted by molar-refractivity contribution is -0.149. The van der Waals surface area contributed by atoms with Crippen molar-refractivity contribution in [1.29, 1.82) is 0 Å². The third-order valence-corrected chi connectivity index (χ3v) is 7.99. The Labute approximate surface area is 185 Å². The highest BCUT2D eigenvalue weighted by Crippen LogP contribution is 2.42. The average Bonchev–Trinajstić information content (AvgIpc) is 3.17. The van der Waals surface area contributed by atoms with Crippen LogP contribution in [0.15, 0.2) is 59.9 Å². The summed E-state index contributed by atoms with van der Waals surface area (Å²) in [5.41, 5.74) is 2.00. The third-order valence-electron chi connectivity index (χ3n) is 6.19. The Morgan fingerprint density at radius 2 is 1.78 bits per heavy atom. The van der Waals surface area contributed by atoms with Gasteiger partial charge < -0.3 is 14.6 Å². The third kappa shape index (κ3) is 3.55. The summed E-state index contributed by atoms with van der Waals surface area (Å²) in [6, 6.07) is 10.1. The van der Waals surface area contributed by atoms with Crippen molar-refractivity contribution < 1.29 is 18.0 Å². The van der Waals surface area contributed by atoms with Crippen LogP contribution in [0.2, 0.25) is 0 Å². The first-order chi connectivity index (χ1) is 15.3. The van der Waals surface area contributed by atoms with Crippen LogP contribution in [0.25, 0.3) is 5.65 Å². The minimum Gasteiger partial charge on any atom is -0.348 e. The van der Waals surface area contributed by atoms with Gasteiger partial charge in [-0.3, -0.25) is 9.59 Å². The van der Waals surface area contributed by atoms with Gasteiger partial charge in [0.2, 0.25) is 15.9 Å². The molecule has 166 valence electrons. The summed E-state index contributed by atoms with van der Waals surface area (Å²) in [5.74, 6) is -0.190. The maximum Gasteiger partial charge on any atom is 0.253 e. The topological polar surface area (TPSA) is 104 Å². The number of pyridine rings is 1. The molecule has 2 saturated heterocycles. The van der Waals surface area contributed by atoms with E-state index in [4.69, 9.17) is 0 Å². The Morgan fingerprint density at radius 3 is 2.47 bits per heavy atom. The molecule has 0 aliphatic carbocycles. The van der Waals surface area contributed by atoms with Crippen molar-refractivity contribution in [2.75, 3.05) is 26.2 Å². The van der Waals surface area contributed by atoms with Crippen LogP contribution in [-0.4, -0.2) is 65.0 Å². The van der Waals surface area contributed by atoms with Crippen LogP contribution in [0, 0.1) is 5.41 Å².